The van der Waals surface area contributed by atoms with Crippen LogP contribution < -0.4 is 0 Å². The molecule has 6 heteroatoms. The molecule has 0 aliphatic heterocycles. The fourth-order valence-electron chi connectivity index (χ4n) is 0.561. The Kier molecular flexibility index (Phi) is 5.05. The lowest BCUT2D eigenvalue weighted by molar-refractivity contribution is -0.144. The molecule has 2 unspecified atom stereocenters. The first-order valence-corrected chi connectivity index (χ1v) is 6.06. The van der Waals surface area contributed by atoms with Crippen LogP contribution in [0, 0.1) is 0 Å². The molecule has 1 N–H and O–H groups in total. The predicted octanol–water partition coefficient (Wildman–Crippen LogP) is 1.33. The van der Waals surface area contributed by atoms with E-state index in [0.717, 1.165) is 6.66 Å². The fourth-order valence-corrected chi connectivity index (χ4v) is 1.05. The average molecular weight is 222 g/mol. The van der Waals surface area contributed by atoms with Gasteiger partial charge in [-0.25, -0.2) is 4.79 Å². The lowest BCUT2D eigenvalue weighted by atomic mass is 10.3. The molecule has 0 aromatic heterocycles. The molecule has 2 atom stereocenters. The highest BCUT2D eigenvalue weighted by atomic mass is 31.2. The maximum absolute atomic E-state index is 11.0. The molecule has 0 spiro atoms. The molecule has 0 aliphatic rings. The first kappa shape index (κ1) is 13.4. The van der Waals surface area contributed by atoms with Crippen LogP contribution in [0.5, 0.6) is 0 Å². The maximum atomic E-state index is 11.0. The Morgan fingerprint density at radius 2 is 2.14 bits per heavy atom. The van der Waals surface area contributed by atoms with Gasteiger partial charge in [0.2, 0.25) is 0 Å². The standard InChI is InChI=1S/C8H15O5P/c1-6(2)8(9)13-7(3)5-12-14(4,10)11/h7H,1,5H2,2-4H3,(H,10,11). The normalized spacial score (nSPS) is 16.9. The van der Waals surface area contributed by atoms with E-state index in [2.05, 4.69) is 11.1 Å². The van der Waals surface area contributed by atoms with Gasteiger partial charge in [0.15, 0.2) is 0 Å². The highest BCUT2D eigenvalue weighted by Gasteiger charge is 2.15. The largest absolute Gasteiger partial charge is 0.457 e. The van der Waals surface area contributed by atoms with Crippen molar-refractivity contribution in [1.82, 2.24) is 0 Å². The Morgan fingerprint density at radius 1 is 1.64 bits per heavy atom. The number of ether oxygens (including phenoxy) is 1. The van der Waals surface area contributed by atoms with Crippen molar-refractivity contribution in [3.05, 3.63) is 12.2 Å². The van der Waals surface area contributed by atoms with Crippen molar-refractivity contribution < 1.29 is 23.5 Å². The molecule has 0 aliphatic carbocycles. The van der Waals surface area contributed by atoms with Crippen LogP contribution in [-0.2, 0) is 18.6 Å². The van der Waals surface area contributed by atoms with E-state index in [0.29, 0.717) is 0 Å². The zero-order valence-electron chi connectivity index (χ0n) is 8.52. The molecule has 0 heterocycles. The quantitative estimate of drug-likeness (QED) is 0.431. The minimum absolute atomic E-state index is 0.108. The fraction of sp³-hybridized carbons (Fsp3) is 0.625. The second-order valence-electron chi connectivity index (χ2n) is 3.10. The highest BCUT2D eigenvalue weighted by molar-refractivity contribution is 7.51. The van der Waals surface area contributed by atoms with Gasteiger partial charge in [-0.15, -0.1) is 0 Å². The molecular weight excluding hydrogens is 207 g/mol. The van der Waals surface area contributed by atoms with E-state index in [9.17, 15) is 9.36 Å². The van der Waals surface area contributed by atoms with Crippen molar-refractivity contribution >= 4 is 13.6 Å². The third kappa shape index (κ3) is 6.83. The zero-order chi connectivity index (χ0) is 11.4. The van der Waals surface area contributed by atoms with E-state index in [1.54, 1.807) is 6.92 Å². The number of hydrogen-bond donors (Lipinski definition) is 1. The van der Waals surface area contributed by atoms with Crippen LogP contribution in [0.4, 0.5) is 0 Å². The molecule has 0 bridgehead atoms. The van der Waals surface area contributed by atoms with Crippen LogP contribution in [0.15, 0.2) is 12.2 Å². The van der Waals surface area contributed by atoms with Gasteiger partial charge in [-0.3, -0.25) is 4.57 Å². The molecule has 0 aromatic carbocycles. The lowest BCUT2D eigenvalue weighted by Gasteiger charge is -2.14. The Bertz CT molecular complexity index is 267. The third-order valence-corrected chi connectivity index (χ3v) is 1.83. The summed E-state index contributed by atoms with van der Waals surface area (Å²) in [5, 5.41) is 0. The summed E-state index contributed by atoms with van der Waals surface area (Å²) in [7, 11) is -3.50. The van der Waals surface area contributed by atoms with Gasteiger partial charge < -0.3 is 14.2 Å². The molecular formula is C8H15O5P. The Morgan fingerprint density at radius 3 is 2.50 bits per heavy atom. The van der Waals surface area contributed by atoms with Gasteiger partial charge >= 0.3 is 13.6 Å². The highest BCUT2D eigenvalue weighted by Crippen LogP contribution is 2.36. The van der Waals surface area contributed by atoms with E-state index < -0.39 is 19.7 Å². The molecule has 0 saturated carbocycles. The minimum Gasteiger partial charge on any atom is -0.457 e. The lowest BCUT2D eigenvalue weighted by Crippen LogP contribution is -2.20. The van der Waals surface area contributed by atoms with Crippen molar-refractivity contribution in [3.63, 3.8) is 0 Å². The monoisotopic (exact) mass is 222 g/mol. The van der Waals surface area contributed by atoms with E-state index in [-0.39, 0.29) is 12.2 Å². The van der Waals surface area contributed by atoms with Crippen LogP contribution in [0.25, 0.3) is 0 Å². The van der Waals surface area contributed by atoms with Gasteiger partial charge in [-0.1, -0.05) is 6.58 Å². The third-order valence-electron chi connectivity index (χ3n) is 1.21. The van der Waals surface area contributed by atoms with E-state index >= 15 is 0 Å². The Hall–Kier alpha value is -0.640. The van der Waals surface area contributed by atoms with Crippen molar-refractivity contribution in [2.24, 2.45) is 0 Å². The molecule has 0 radical (unpaired) electrons. The topological polar surface area (TPSA) is 72.8 Å². The van der Waals surface area contributed by atoms with Crippen molar-refractivity contribution in [1.29, 1.82) is 0 Å². The summed E-state index contributed by atoms with van der Waals surface area (Å²) >= 11 is 0. The van der Waals surface area contributed by atoms with Gasteiger partial charge in [0, 0.05) is 12.2 Å². The first-order chi connectivity index (χ1) is 6.22. The molecule has 0 saturated heterocycles. The smallest absolute Gasteiger partial charge is 0.333 e. The van der Waals surface area contributed by atoms with Crippen LogP contribution >= 0.6 is 7.60 Å². The van der Waals surface area contributed by atoms with Crippen LogP contribution in [0.3, 0.4) is 0 Å². The number of hydrogen-bond acceptors (Lipinski definition) is 4. The van der Waals surface area contributed by atoms with Gasteiger partial charge in [0.25, 0.3) is 0 Å². The first-order valence-electron chi connectivity index (χ1n) is 4.03. The maximum Gasteiger partial charge on any atom is 0.333 e. The molecule has 0 fully saturated rings. The summed E-state index contributed by atoms with van der Waals surface area (Å²) in [6.45, 7) is 7.45. The predicted molar refractivity (Wildman–Crippen MR) is 52.1 cm³/mol. The molecule has 0 amide bonds. The summed E-state index contributed by atoms with van der Waals surface area (Å²) in [5.74, 6) is -0.537. The summed E-state index contributed by atoms with van der Waals surface area (Å²) in [6.07, 6.45) is -0.570. The molecule has 14 heavy (non-hydrogen) atoms. The minimum atomic E-state index is -3.50. The van der Waals surface area contributed by atoms with Crippen molar-refractivity contribution in [2.45, 2.75) is 20.0 Å². The van der Waals surface area contributed by atoms with Crippen molar-refractivity contribution in [2.75, 3.05) is 13.3 Å². The average Bonchev–Trinajstić information content (AvgIpc) is 1.99. The van der Waals surface area contributed by atoms with Crippen molar-refractivity contribution in [3.8, 4) is 0 Å². The number of carbonyl (C=O) groups is 1. The molecule has 82 valence electrons. The SMILES string of the molecule is C=C(C)C(=O)OC(C)COP(C)(=O)O. The van der Waals surface area contributed by atoms with E-state index in [1.807, 2.05) is 0 Å². The summed E-state index contributed by atoms with van der Waals surface area (Å²) < 4.78 is 20.1. The Labute approximate surface area is 83.3 Å². The van der Waals surface area contributed by atoms with Crippen LogP contribution in [-0.4, -0.2) is 30.2 Å². The number of carbonyl (C=O) groups excluding carboxylic acids is 1. The van der Waals surface area contributed by atoms with Gasteiger partial charge in [0.1, 0.15) is 6.10 Å². The van der Waals surface area contributed by atoms with Crippen LogP contribution in [0.1, 0.15) is 13.8 Å². The molecule has 5 nitrogen and oxygen atoms in total. The number of rotatable bonds is 5. The Balaban J connectivity index is 3.88. The van der Waals surface area contributed by atoms with E-state index in [1.165, 1.54) is 6.92 Å². The summed E-state index contributed by atoms with van der Waals surface area (Å²) in [5.41, 5.74) is 0.278. The zero-order valence-corrected chi connectivity index (χ0v) is 9.41. The number of esters is 1. The summed E-state index contributed by atoms with van der Waals surface area (Å²) in [6, 6.07) is 0. The van der Waals surface area contributed by atoms with Gasteiger partial charge in [-0.05, 0) is 13.8 Å². The second kappa shape index (κ2) is 5.29. The van der Waals surface area contributed by atoms with Crippen LogP contribution in [0.2, 0.25) is 0 Å². The summed E-state index contributed by atoms with van der Waals surface area (Å²) in [4.78, 5) is 19.8. The van der Waals surface area contributed by atoms with Gasteiger partial charge in [0.05, 0.1) is 6.61 Å². The molecule has 0 aromatic rings. The van der Waals surface area contributed by atoms with Gasteiger partial charge in [-0.2, -0.15) is 0 Å². The second-order valence-corrected chi connectivity index (χ2v) is 4.96. The molecule has 0 rings (SSSR count). The van der Waals surface area contributed by atoms with E-state index in [4.69, 9.17) is 9.63 Å².